The van der Waals surface area contributed by atoms with E-state index in [1.54, 1.807) is 6.07 Å². The van der Waals surface area contributed by atoms with Crippen molar-refractivity contribution in [2.75, 3.05) is 11.9 Å². The molecule has 30 heavy (non-hydrogen) atoms. The van der Waals surface area contributed by atoms with Crippen molar-refractivity contribution in [3.8, 4) is 5.75 Å². The zero-order valence-corrected chi connectivity index (χ0v) is 20.0. The van der Waals surface area contributed by atoms with Gasteiger partial charge in [0.15, 0.2) is 0 Å². The Hall–Kier alpha value is -1.86. The molecule has 0 aliphatic carbocycles. The fraction of sp³-hybridized carbons (Fsp3) is 0.400. The standard InChI is InChI=1S/C25H32IN3O/c1-3-4-8-21(14-18(2)16-27-17-19-7-5-6-9-25(19)30)29-23-12-13-28-24-15-20(26)10-11-22(23)24/h5-7,9-13,15,18,21,27,30H,3-4,8,14,16-17H2,1-2H3,(H,28,29). The lowest BCUT2D eigenvalue weighted by Gasteiger charge is -2.24. The molecule has 0 amide bonds. The quantitative estimate of drug-likeness (QED) is 0.260. The van der Waals surface area contributed by atoms with Gasteiger partial charge in [-0.2, -0.15) is 0 Å². The van der Waals surface area contributed by atoms with Crippen molar-refractivity contribution in [3.63, 3.8) is 0 Å². The summed E-state index contributed by atoms with van der Waals surface area (Å²) in [7, 11) is 0. The molecule has 0 bridgehead atoms. The number of hydrogen-bond donors (Lipinski definition) is 3. The van der Waals surface area contributed by atoms with E-state index < -0.39 is 0 Å². The highest BCUT2D eigenvalue weighted by Crippen LogP contribution is 2.26. The van der Waals surface area contributed by atoms with E-state index >= 15 is 0 Å². The van der Waals surface area contributed by atoms with Crippen LogP contribution < -0.4 is 10.6 Å². The summed E-state index contributed by atoms with van der Waals surface area (Å²) in [6, 6.07) is 16.5. The van der Waals surface area contributed by atoms with Crippen LogP contribution in [-0.4, -0.2) is 22.7 Å². The number of para-hydroxylation sites is 1. The number of phenols is 1. The average Bonchev–Trinajstić information content (AvgIpc) is 2.73. The number of pyridine rings is 1. The maximum absolute atomic E-state index is 9.93. The van der Waals surface area contributed by atoms with Crippen molar-refractivity contribution in [2.24, 2.45) is 5.92 Å². The number of nitrogens with zero attached hydrogens (tertiary/aromatic N) is 1. The highest BCUT2D eigenvalue weighted by Gasteiger charge is 2.15. The number of nitrogens with one attached hydrogen (secondary N) is 2. The van der Waals surface area contributed by atoms with Crippen LogP contribution >= 0.6 is 22.6 Å². The summed E-state index contributed by atoms with van der Waals surface area (Å²) in [5, 5.41) is 18.4. The van der Waals surface area contributed by atoms with E-state index in [1.807, 2.05) is 24.4 Å². The van der Waals surface area contributed by atoms with Gasteiger partial charge in [-0.1, -0.05) is 44.9 Å². The summed E-state index contributed by atoms with van der Waals surface area (Å²) in [6.07, 6.45) is 6.58. The lowest BCUT2D eigenvalue weighted by Crippen LogP contribution is -2.28. The first-order valence-corrected chi connectivity index (χ1v) is 11.9. The number of hydrogen-bond acceptors (Lipinski definition) is 4. The topological polar surface area (TPSA) is 57.2 Å². The third kappa shape index (κ3) is 6.57. The van der Waals surface area contributed by atoms with Crippen molar-refractivity contribution in [1.82, 2.24) is 10.3 Å². The molecular weight excluding hydrogens is 485 g/mol. The Labute approximate surface area is 193 Å². The largest absolute Gasteiger partial charge is 0.508 e. The van der Waals surface area contributed by atoms with Crippen molar-refractivity contribution < 1.29 is 5.11 Å². The summed E-state index contributed by atoms with van der Waals surface area (Å²) in [5.74, 6) is 0.888. The Morgan fingerprint density at radius 1 is 1.13 bits per heavy atom. The van der Waals surface area contributed by atoms with Crippen molar-refractivity contribution >= 4 is 39.2 Å². The highest BCUT2D eigenvalue weighted by atomic mass is 127. The predicted octanol–water partition coefficient (Wildman–Crippen LogP) is 6.33. The van der Waals surface area contributed by atoms with Crippen LogP contribution in [0.15, 0.2) is 54.7 Å². The van der Waals surface area contributed by atoms with Gasteiger partial charge in [0.25, 0.3) is 0 Å². The molecule has 2 atom stereocenters. The molecule has 4 nitrogen and oxygen atoms in total. The lowest BCUT2D eigenvalue weighted by molar-refractivity contribution is 0.423. The number of halogens is 1. The minimum atomic E-state index is 0.361. The third-order valence-electron chi connectivity index (χ3n) is 5.46. The zero-order chi connectivity index (χ0) is 21.3. The van der Waals surface area contributed by atoms with Crippen molar-refractivity contribution in [1.29, 1.82) is 0 Å². The first kappa shape index (κ1) is 22.8. The van der Waals surface area contributed by atoms with Crippen LogP contribution in [0, 0.1) is 9.49 Å². The molecule has 3 aromatic rings. The summed E-state index contributed by atoms with van der Waals surface area (Å²) in [6.45, 7) is 6.16. The van der Waals surface area contributed by atoms with Gasteiger partial charge in [-0.05, 0) is 78.2 Å². The van der Waals surface area contributed by atoms with Crippen LogP contribution in [-0.2, 0) is 6.54 Å². The Kier molecular flexibility index (Phi) is 8.75. The van der Waals surface area contributed by atoms with Crippen LogP contribution in [0.5, 0.6) is 5.75 Å². The smallest absolute Gasteiger partial charge is 0.120 e. The number of phenolic OH excluding ortho intramolecular Hbond substituents is 1. The summed E-state index contributed by atoms with van der Waals surface area (Å²) >= 11 is 2.34. The molecule has 0 saturated carbocycles. The van der Waals surface area contributed by atoms with Gasteiger partial charge in [0, 0.05) is 39.0 Å². The van der Waals surface area contributed by atoms with Crippen LogP contribution in [0.2, 0.25) is 0 Å². The van der Waals surface area contributed by atoms with E-state index in [0.29, 0.717) is 24.3 Å². The van der Waals surface area contributed by atoms with Crippen molar-refractivity contribution in [2.45, 2.75) is 52.1 Å². The summed E-state index contributed by atoms with van der Waals surface area (Å²) < 4.78 is 1.21. The fourth-order valence-corrected chi connectivity index (χ4v) is 4.32. The van der Waals surface area contributed by atoms with Gasteiger partial charge < -0.3 is 15.7 Å². The lowest BCUT2D eigenvalue weighted by atomic mass is 9.97. The van der Waals surface area contributed by atoms with E-state index in [4.69, 9.17) is 0 Å². The molecule has 0 fully saturated rings. The van der Waals surface area contributed by atoms with Crippen LogP contribution in [0.25, 0.3) is 10.9 Å². The normalized spacial score (nSPS) is 13.3. The molecule has 0 radical (unpaired) electrons. The first-order chi connectivity index (χ1) is 14.6. The van der Waals surface area contributed by atoms with Gasteiger partial charge in [0.2, 0.25) is 0 Å². The first-order valence-electron chi connectivity index (χ1n) is 10.8. The molecule has 5 heteroatoms. The van der Waals surface area contributed by atoms with Gasteiger partial charge in [0.05, 0.1) is 5.52 Å². The minimum absolute atomic E-state index is 0.361. The average molecular weight is 517 g/mol. The molecule has 2 aromatic carbocycles. The molecule has 0 spiro atoms. The Balaban J connectivity index is 1.61. The number of benzene rings is 2. The van der Waals surface area contributed by atoms with Crippen LogP contribution in [0.1, 0.15) is 45.1 Å². The second kappa shape index (κ2) is 11.5. The molecule has 160 valence electrons. The van der Waals surface area contributed by atoms with Crippen LogP contribution in [0.4, 0.5) is 5.69 Å². The predicted molar refractivity (Wildman–Crippen MR) is 135 cm³/mol. The second-order valence-corrected chi connectivity index (χ2v) is 9.35. The number of fused-ring (bicyclic) bond motifs is 1. The van der Waals surface area contributed by atoms with Crippen LogP contribution in [0.3, 0.4) is 0 Å². The van der Waals surface area contributed by atoms with Gasteiger partial charge in [-0.15, -0.1) is 0 Å². The molecule has 2 unspecified atom stereocenters. The second-order valence-electron chi connectivity index (χ2n) is 8.10. The SMILES string of the molecule is CCCCC(CC(C)CNCc1ccccc1O)Nc1ccnc2cc(I)ccc12. The Bertz CT molecular complexity index is 947. The third-order valence-corrected chi connectivity index (χ3v) is 6.13. The maximum Gasteiger partial charge on any atom is 0.120 e. The zero-order valence-electron chi connectivity index (χ0n) is 17.9. The summed E-state index contributed by atoms with van der Waals surface area (Å²) in [4.78, 5) is 4.53. The molecule has 1 heterocycles. The van der Waals surface area contributed by atoms with Gasteiger partial charge in [-0.3, -0.25) is 4.98 Å². The Morgan fingerprint density at radius 2 is 1.97 bits per heavy atom. The number of unbranched alkanes of at least 4 members (excludes halogenated alkanes) is 1. The Morgan fingerprint density at radius 3 is 2.77 bits per heavy atom. The molecule has 3 rings (SSSR count). The molecule has 1 aromatic heterocycles. The van der Waals surface area contributed by atoms with E-state index in [2.05, 4.69) is 76.3 Å². The number of aromatic hydroxyl groups is 1. The molecule has 0 aliphatic heterocycles. The van der Waals surface area contributed by atoms with Gasteiger partial charge in [-0.25, -0.2) is 0 Å². The monoisotopic (exact) mass is 517 g/mol. The molecule has 3 N–H and O–H groups in total. The number of aromatic nitrogens is 1. The summed E-state index contributed by atoms with van der Waals surface area (Å²) in [5.41, 5.74) is 3.16. The number of anilines is 1. The fourth-order valence-electron chi connectivity index (χ4n) is 3.85. The van der Waals surface area contributed by atoms with Crippen molar-refractivity contribution in [3.05, 3.63) is 63.9 Å². The van der Waals surface area contributed by atoms with E-state index in [1.165, 1.54) is 27.5 Å². The molecule has 0 aliphatic rings. The maximum atomic E-state index is 9.93. The molecule has 0 saturated heterocycles. The van der Waals surface area contributed by atoms with Gasteiger partial charge >= 0.3 is 0 Å². The van der Waals surface area contributed by atoms with E-state index in [9.17, 15) is 5.11 Å². The highest BCUT2D eigenvalue weighted by molar-refractivity contribution is 14.1. The van der Waals surface area contributed by atoms with E-state index in [0.717, 1.165) is 30.5 Å². The minimum Gasteiger partial charge on any atom is -0.508 e. The number of rotatable bonds is 11. The van der Waals surface area contributed by atoms with E-state index in [-0.39, 0.29) is 0 Å². The van der Waals surface area contributed by atoms with Gasteiger partial charge in [0.1, 0.15) is 5.75 Å². The molecular formula is C25H32IN3O.